The smallest absolute Gasteiger partial charge is 0.199 e. The average molecular weight is 218 g/mol. The lowest BCUT2D eigenvalue weighted by Gasteiger charge is -2.13. The van der Waals surface area contributed by atoms with Gasteiger partial charge >= 0.3 is 0 Å². The van der Waals surface area contributed by atoms with Gasteiger partial charge in [0.25, 0.3) is 0 Å². The van der Waals surface area contributed by atoms with E-state index in [1.165, 1.54) is 16.5 Å². The maximum atomic E-state index is 4.08. The minimum absolute atomic E-state index is 0.772. The molecular weight excluding hydrogens is 198 g/mol. The van der Waals surface area contributed by atoms with Crippen LogP contribution in [0.5, 0.6) is 0 Å². The van der Waals surface area contributed by atoms with Crippen LogP contribution in [0.1, 0.15) is 0 Å². The fourth-order valence-electron chi connectivity index (χ4n) is 1.66. The van der Waals surface area contributed by atoms with Crippen molar-refractivity contribution in [3.8, 4) is 0 Å². The average Bonchev–Trinajstić information content (AvgIpc) is 2.18. The van der Waals surface area contributed by atoms with Crippen LogP contribution in [-0.4, -0.2) is 32.7 Å². The molecule has 0 aromatic heterocycles. The molecule has 0 fully saturated rings. The van der Waals surface area contributed by atoms with Crippen molar-refractivity contribution in [3.63, 3.8) is 0 Å². The maximum Gasteiger partial charge on any atom is 0.199 e. The van der Waals surface area contributed by atoms with Crippen molar-refractivity contribution in [3.05, 3.63) is 48.2 Å². The first kappa shape index (κ1) is 11.9. The summed E-state index contributed by atoms with van der Waals surface area (Å²) in [5.74, 6) is 0. The lowest BCUT2D eigenvalue weighted by atomic mass is 10.1. The summed E-state index contributed by atoms with van der Waals surface area (Å²) in [7, 11) is 1.32. The van der Waals surface area contributed by atoms with Gasteiger partial charge in [0, 0.05) is 12.2 Å². The molecule has 0 saturated carbocycles. The molecule has 0 heterocycles. The van der Waals surface area contributed by atoms with Crippen LogP contribution in [-0.2, 0) is 0 Å². The fraction of sp³-hybridized carbons (Fsp3) is 0.308. The number of allylic oxidation sites excluding steroid dienone is 5. The van der Waals surface area contributed by atoms with Gasteiger partial charge in [0.05, 0.1) is 8.80 Å². The molecule has 0 unspecified atom stereocenters. The third-order valence-corrected chi connectivity index (χ3v) is 4.38. The molecule has 0 spiro atoms. The first-order valence-corrected chi connectivity index (χ1v) is 8.23. The van der Waals surface area contributed by atoms with Gasteiger partial charge < -0.3 is 0 Å². The van der Waals surface area contributed by atoms with Gasteiger partial charge in [-0.15, -0.1) is 0 Å². The largest absolute Gasteiger partial charge is 0.229 e. The normalized spacial score (nSPS) is 19.2. The van der Waals surface area contributed by atoms with E-state index in [1.54, 1.807) is 0 Å². The van der Waals surface area contributed by atoms with Crippen LogP contribution in [0.3, 0.4) is 0 Å². The Morgan fingerprint density at radius 1 is 1.40 bits per heavy atom. The third kappa shape index (κ3) is 2.90. The minimum Gasteiger partial charge on any atom is -0.229 e. The lowest BCUT2D eigenvalue weighted by molar-refractivity contribution is -0.484. The van der Waals surface area contributed by atoms with Gasteiger partial charge in [-0.1, -0.05) is 31.4 Å². The maximum absolute atomic E-state index is 4.08. The predicted molar refractivity (Wildman–Crippen MR) is 71.5 cm³/mol. The van der Waals surface area contributed by atoms with Crippen molar-refractivity contribution in [1.29, 1.82) is 0 Å². The topological polar surface area (TPSA) is 3.01 Å². The first-order chi connectivity index (χ1) is 7.06. The van der Waals surface area contributed by atoms with E-state index in [0.29, 0.717) is 0 Å². The van der Waals surface area contributed by atoms with E-state index in [2.05, 4.69) is 56.1 Å². The van der Waals surface area contributed by atoms with Gasteiger partial charge in [-0.25, -0.2) is 4.58 Å². The van der Waals surface area contributed by atoms with E-state index in [0.717, 1.165) is 6.54 Å². The number of likely N-dealkylation sites (N-methyl/N-ethyl adjacent to an activating group) is 1. The highest BCUT2D eigenvalue weighted by Gasteiger charge is 2.15. The third-order valence-electron chi connectivity index (χ3n) is 2.60. The molecule has 0 aromatic carbocycles. The predicted octanol–water partition coefficient (Wildman–Crippen LogP) is 2.33. The van der Waals surface area contributed by atoms with Gasteiger partial charge in [0.1, 0.15) is 7.05 Å². The van der Waals surface area contributed by atoms with Gasteiger partial charge in [0.15, 0.2) is 12.3 Å². The van der Waals surface area contributed by atoms with Crippen LogP contribution >= 0.6 is 0 Å². The van der Waals surface area contributed by atoms with Gasteiger partial charge in [-0.2, -0.15) is 0 Å². The summed E-state index contributed by atoms with van der Waals surface area (Å²) < 4.78 is 2.20. The van der Waals surface area contributed by atoms with Crippen LogP contribution in [0.2, 0.25) is 13.1 Å². The number of hydrogen-bond donors (Lipinski definition) is 0. The molecule has 15 heavy (non-hydrogen) atoms. The van der Waals surface area contributed by atoms with Crippen molar-refractivity contribution in [1.82, 2.24) is 0 Å². The Bertz CT molecular complexity index is 370. The van der Waals surface area contributed by atoms with Crippen molar-refractivity contribution >= 4 is 14.5 Å². The molecule has 80 valence electrons. The second-order valence-electron chi connectivity index (χ2n) is 4.21. The molecule has 0 amide bonds. The SMILES string of the molecule is C=CC[N+](C)=C1C=CC(=C)C([SiH](C)C)=C1. The van der Waals surface area contributed by atoms with Crippen LogP contribution < -0.4 is 0 Å². The molecular formula is C13H20NSi+. The molecule has 0 radical (unpaired) electrons. The molecule has 0 aliphatic heterocycles. The molecule has 0 bridgehead atoms. The molecule has 1 nitrogen and oxygen atoms in total. The molecule has 1 rings (SSSR count). The summed E-state index contributed by atoms with van der Waals surface area (Å²) in [6.45, 7) is 13.4. The van der Waals surface area contributed by atoms with Crippen LogP contribution in [0.4, 0.5) is 0 Å². The molecule has 0 N–H and O–H groups in total. The number of nitrogens with zero attached hydrogens (tertiary/aromatic N) is 1. The summed E-state index contributed by atoms with van der Waals surface area (Å²) in [6, 6.07) is 0. The van der Waals surface area contributed by atoms with E-state index < -0.39 is 8.80 Å². The van der Waals surface area contributed by atoms with Crippen LogP contribution in [0.25, 0.3) is 0 Å². The summed E-state index contributed by atoms with van der Waals surface area (Å²) in [4.78, 5) is 0. The monoisotopic (exact) mass is 218 g/mol. The Morgan fingerprint density at radius 2 is 2.07 bits per heavy atom. The van der Waals surface area contributed by atoms with Crippen molar-refractivity contribution in [2.75, 3.05) is 13.6 Å². The van der Waals surface area contributed by atoms with E-state index in [-0.39, 0.29) is 0 Å². The van der Waals surface area contributed by atoms with Gasteiger partial charge in [-0.05, 0) is 17.7 Å². The van der Waals surface area contributed by atoms with Gasteiger partial charge in [-0.3, -0.25) is 0 Å². The van der Waals surface area contributed by atoms with Crippen molar-refractivity contribution in [2.45, 2.75) is 13.1 Å². The Morgan fingerprint density at radius 3 is 2.60 bits per heavy atom. The Kier molecular flexibility index (Phi) is 4.03. The zero-order chi connectivity index (χ0) is 11.4. The highest BCUT2D eigenvalue weighted by Crippen LogP contribution is 2.17. The van der Waals surface area contributed by atoms with Crippen molar-refractivity contribution < 1.29 is 4.58 Å². The summed E-state index contributed by atoms with van der Waals surface area (Å²) in [5.41, 5.74) is 2.45. The van der Waals surface area contributed by atoms with Gasteiger partial charge in [0.2, 0.25) is 0 Å². The zero-order valence-electron chi connectivity index (χ0n) is 9.96. The summed E-state index contributed by atoms with van der Waals surface area (Å²) in [5, 5.41) is 1.46. The second kappa shape index (κ2) is 5.08. The number of rotatable bonds is 3. The molecule has 0 aromatic rings. The van der Waals surface area contributed by atoms with E-state index in [9.17, 15) is 0 Å². The Hall–Kier alpha value is -1.15. The molecule has 2 heteroatoms. The fourth-order valence-corrected chi connectivity index (χ4v) is 3.00. The Balaban J connectivity index is 3.06. The first-order valence-electron chi connectivity index (χ1n) is 5.34. The highest BCUT2D eigenvalue weighted by atomic mass is 28.3. The quantitative estimate of drug-likeness (QED) is 0.388. The van der Waals surface area contributed by atoms with E-state index >= 15 is 0 Å². The summed E-state index contributed by atoms with van der Waals surface area (Å²) >= 11 is 0. The highest BCUT2D eigenvalue weighted by molar-refractivity contribution is 6.66. The van der Waals surface area contributed by atoms with E-state index in [1.807, 2.05) is 6.08 Å². The number of hydrogen-bond acceptors (Lipinski definition) is 0. The molecule has 1 aliphatic carbocycles. The minimum atomic E-state index is -0.772. The van der Waals surface area contributed by atoms with E-state index in [4.69, 9.17) is 0 Å². The van der Waals surface area contributed by atoms with Crippen LogP contribution in [0.15, 0.2) is 48.2 Å². The molecule has 0 saturated heterocycles. The van der Waals surface area contributed by atoms with Crippen LogP contribution in [0, 0.1) is 0 Å². The lowest BCUT2D eigenvalue weighted by Crippen LogP contribution is -2.19. The van der Waals surface area contributed by atoms with Crippen molar-refractivity contribution in [2.24, 2.45) is 0 Å². The molecule has 1 aliphatic rings. The summed E-state index contributed by atoms with van der Waals surface area (Å²) in [6.07, 6.45) is 8.46. The standard InChI is InChI=1S/C13H20NSi/c1-6-9-14(3)12-8-7-11(2)13(10-12)15(4)5/h6-8,10,15H,1-2,9H2,3-5H3/q+1. The Labute approximate surface area is 94.4 Å². The second-order valence-corrected chi connectivity index (χ2v) is 7.14. The zero-order valence-corrected chi connectivity index (χ0v) is 11.1. The molecule has 0 atom stereocenters.